The van der Waals surface area contributed by atoms with Gasteiger partial charge in [0.15, 0.2) is 0 Å². The van der Waals surface area contributed by atoms with Gasteiger partial charge in [-0.2, -0.15) is 0 Å². The van der Waals surface area contributed by atoms with Gasteiger partial charge in [0.1, 0.15) is 5.82 Å². The number of carbonyl (C=O) groups excluding carboxylic acids is 1. The largest absolute Gasteiger partial charge is 0.329 e. The molecule has 3 heterocycles. The summed E-state index contributed by atoms with van der Waals surface area (Å²) in [5, 5.41) is 0. The Morgan fingerprint density at radius 3 is 2.34 bits per heavy atom. The molecule has 3 aliphatic heterocycles. The maximum Gasteiger partial charge on any atom is 0.259 e. The average molecular weight is 445 g/mol. The van der Waals surface area contributed by atoms with Crippen molar-refractivity contribution in [2.24, 2.45) is 23.3 Å². The number of alkyl halides is 2. The van der Waals surface area contributed by atoms with Crippen molar-refractivity contribution in [3.63, 3.8) is 0 Å². The zero-order chi connectivity index (χ0) is 22.6. The summed E-state index contributed by atoms with van der Waals surface area (Å²) in [4.78, 5) is 17.2. The molecule has 0 saturated carbocycles. The molecule has 0 spiro atoms. The quantitative estimate of drug-likeness (QED) is 0.695. The minimum absolute atomic E-state index is 0.0531. The molecule has 2 aromatic rings. The molecular formula is C24H27F3N4O. The molecule has 0 aromatic heterocycles. The van der Waals surface area contributed by atoms with E-state index >= 15 is 0 Å². The molecule has 2 aromatic carbocycles. The molecule has 5 atom stereocenters. The van der Waals surface area contributed by atoms with E-state index in [4.69, 9.17) is 11.5 Å². The first-order valence-corrected chi connectivity index (χ1v) is 11.1. The first-order valence-electron chi connectivity index (χ1n) is 11.1. The molecular weight excluding hydrogens is 417 g/mol. The van der Waals surface area contributed by atoms with E-state index in [0.717, 1.165) is 30.5 Å². The maximum absolute atomic E-state index is 14.4. The molecule has 3 saturated heterocycles. The number of carbonyl (C=O) groups is 1. The third kappa shape index (κ3) is 3.41. The normalized spacial score (nSPS) is 29.9. The molecule has 5 nitrogen and oxygen atoms in total. The second kappa shape index (κ2) is 8.17. The summed E-state index contributed by atoms with van der Waals surface area (Å²) in [7, 11) is 0. The zero-order valence-corrected chi connectivity index (χ0v) is 17.6. The topological polar surface area (TPSA) is 75.6 Å². The third-order valence-corrected chi connectivity index (χ3v) is 7.41. The molecule has 32 heavy (non-hydrogen) atoms. The van der Waals surface area contributed by atoms with Gasteiger partial charge in [-0.25, -0.2) is 13.2 Å². The first-order chi connectivity index (χ1) is 15.4. The van der Waals surface area contributed by atoms with Crippen molar-refractivity contribution >= 4 is 5.91 Å². The maximum atomic E-state index is 14.4. The van der Waals surface area contributed by atoms with Gasteiger partial charge in [0.2, 0.25) is 5.91 Å². The van der Waals surface area contributed by atoms with Crippen LogP contribution in [-0.2, 0) is 11.3 Å². The van der Waals surface area contributed by atoms with Gasteiger partial charge in [0.25, 0.3) is 6.43 Å². The molecule has 0 bridgehead atoms. The predicted molar refractivity (Wildman–Crippen MR) is 114 cm³/mol. The monoisotopic (exact) mass is 444 g/mol. The van der Waals surface area contributed by atoms with E-state index < -0.39 is 36.3 Å². The van der Waals surface area contributed by atoms with E-state index in [9.17, 15) is 18.0 Å². The molecule has 5 unspecified atom stereocenters. The Kier molecular flexibility index (Phi) is 5.47. The van der Waals surface area contributed by atoms with Crippen LogP contribution in [0, 0.1) is 17.7 Å². The Hall–Kier alpha value is -2.42. The fraction of sp³-hybridized carbons (Fsp3) is 0.458. The minimum atomic E-state index is -2.65. The Balaban J connectivity index is 1.51. The van der Waals surface area contributed by atoms with E-state index in [1.807, 2.05) is 24.3 Å². The summed E-state index contributed by atoms with van der Waals surface area (Å²) < 4.78 is 42.1. The van der Waals surface area contributed by atoms with Crippen LogP contribution in [0.1, 0.15) is 41.7 Å². The summed E-state index contributed by atoms with van der Waals surface area (Å²) in [6.07, 6.45) is -1.50. The summed E-state index contributed by atoms with van der Waals surface area (Å²) in [6.45, 7) is 0.850. The van der Waals surface area contributed by atoms with Crippen LogP contribution in [0.5, 0.6) is 0 Å². The minimum Gasteiger partial charge on any atom is -0.329 e. The van der Waals surface area contributed by atoms with Crippen LogP contribution in [0.25, 0.3) is 0 Å². The summed E-state index contributed by atoms with van der Waals surface area (Å²) >= 11 is 0. The van der Waals surface area contributed by atoms with Crippen molar-refractivity contribution < 1.29 is 18.0 Å². The highest BCUT2D eigenvalue weighted by atomic mass is 19.3. The Labute approximate surface area is 185 Å². The van der Waals surface area contributed by atoms with Crippen molar-refractivity contribution in [2.45, 2.75) is 50.1 Å². The lowest BCUT2D eigenvalue weighted by Gasteiger charge is -2.33. The SMILES string of the molecule is NC(N)c1ccc(C2C3C(=O)N(Cc4ccc(F)cc4)C(C(F)F)C3C3CCCN32)cc1. The van der Waals surface area contributed by atoms with Crippen molar-refractivity contribution in [1.82, 2.24) is 9.80 Å². The lowest BCUT2D eigenvalue weighted by atomic mass is 9.82. The van der Waals surface area contributed by atoms with Crippen LogP contribution in [0.4, 0.5) is 13.2 Å². The molecule has 4 N–H and O–H groups in total. The molecule has 0 aliphatic carbocycles. The summed E-state index contributed by atoms with van der Waals surface area (Å²) in [6, 6.07) is 11.8. The van der Waals surface area contributed by atoms with E-state index in [1.165, 1.54) is 17.0 Å². The van der Waals surface area contributed by atoms with E-state index in [-0.39, 0.29) is 24.5 Å². The van der Waals surface area contributed by atoms with Crippen molar-refractivity contribution in [2.75, 3.05) is 6.54 Å². The molecule has 1 amide bonds. The third-order valence-electron chi connectivity index (χ3n) is 7.41. The van der Waals surface area contributed by atoms with Crippen LogP contribution in [0.2, 0.25) is 0 Å². The smallest absolute Gasteiger partial charge is 0.259 e. The zero-order valence-electron chi connectivity index (χ0n) is 17.6. The van der Waals surface area contributed by atoms with Gasteiger partial charge < -0.3 is 16.4 Å². The first kappa shape index (κ1) is 21.4. The lowest BCUT2D eigenvalue weighted by Crippen LogP contribution is -2.45. The number of nitrogens with two attached hydrogens (primary N) is 2. The molecule has 0 radical (unpaired) electrons. The average Bonchev–Trinajstić information content (AvgIpc) is 3.42. The summed E-state index contributed by atoms with van der Waals surface area (Å²) in [5.41, 5.74) is 13.9. The Bertz CT molecular complexity index is 982. The number of likely N-dealkylation sites (tertiary alicyclic amines) is 1. The molecule has 5 rings (SSSR count). The number of halogens is 3. The molecule has 170 valence electrons. The van der Waals surface area contributed by atoms with Crippen molar-refractivity contribution in [3.05, 3.63) is 71.0 Å². The van der Waals surface area contributed by atoms with Crippen molar-refractivity contribution in [1.29, 1.82) is 0 Å². The van der Waals surface area contributed by atoms with Gasteiger partial charge >= 0.3 is 0 Å². The number of amides is 1. The van der Waals surface area contributed by atoms with Gasteiger partial charge in [-0.15, -0.1) is 0 Å². The predicted octanol–water partition coefficient (Wildman–Crippen LogP) is 3.17. The second-order valence-electron chi connectivity index (χ2n) is 9.11. The van der Waals surface area contributed by atoms with Gasteiger partial charge in [-0.3, -0.25) is 9.69 Å². The van der Waals surface area contributed by atoms with Gasteiger partial charge in [0, 0.05) is 24.5 Å². The van der Waals surface area contributed by atoms with E-state index in [0.29, 0.717) is 5.56 Å². The Morgan fingerprint density at radius 1 is 1.03 bits per heavy atom. The van der Waals surface area contributed by atoms with Gasteiger partial charge in [-0.05, 0) is 48.2 Å². The second-order valence-corrected chi connectivity index (χ2v) is 9.11. The number of hydrogen-bond donors (Lipinski definition) is 2. The number of nitrogens with zero attached hydrogens (tertiary/aromatic N) is 2. The van der Waals surface area contributed by atoms with Crippen LogP contribution in [0.15, 0.2) is 48.5 Å². The number of benzene rings is 2. The molecule has 3 fully saturated rings. The van der Waals surface area contributed by atoms with E-state index in [2.05, 4.69) is 4.90 Å². The highest BCUT2D eigenvalue weighted by molar-refractivity contribution is 5.84. The van der Waals surface area contributed by atoms with Crippen LogP contribution < -0.4 is 11.5 Å². The molecule has 3 aliphatic rings. The lowest BCUT2D eigenvalue weighted by molar-refractivity contribution is -0.136. The van der Waals surface area contributed by atoms with Gasteiger partial charge in [-0.1, -0.05) is 36.4 Å². The molecule has 8 heteroatoms. The van der Waals surface area contributed by atoms with Crippen LogP contribution in [-0.4, -0.2) is 40.8 Å². The fourth-order valence-corrected chi connectivity index (χ4v) is 6.10. The summed E-state index contributed by atoms with van der Waals surface area (Å²) in [5.74, 6) is -1.61. The highest BCUT2D eigenvalue weighted by Gasteiger charge is 2.64. The number of rotatable bonds is 5. The highest BCUT2D eigenvalue weighted by Crippen LogP contribution is 2.56. The van der Waals surface area contributed by atoms with Gasteiger partial charge in [0.05, 0.1) is 18.1 Å². The number of fused-ring (bicyclic) bond motifs is 3. The fourth-order valence-electron chi connectivity index (χ4n) is 6.10. The van der Waals surface area contributed by atoms with Crippen LogP contribution in [0.3, 0.4) is 0 Å². The van der Waals surface area contributed by atoms with Crippen molar-refractivity contribution in [3.8, 4) is 0 Å². The van der Waals surface area contributed by atoms with E-state index in [1.54, 1.807) is 12.1 Å². The Morgan fingerprint density at radius 2 is 1.72 bits per heavy atom. The number of hydrogen-bond acceptors (Lipinski definition) is 4. The standard InChI is InChI=1S/C24H27F3N4O/c25-16-9-3-13(4-10-16)12-31-21(22(26)27)18-17-2-1-11-30(17)20(19(18)24(31)32)14-5-7-15(8-6-14)23(28)29/h3-10,17-23H,1-2,11-12,28-29H2. The van der Waals surface area contributed by atoms with Crippen LogP contribution >= 0.6 is 0 Å².